The maximum Gasteiger partial charge on any atom is 0.270 e. The Morgan fingerprint density at radius 2 is 2.13 bits per heavy atom. The van der Waals surface area contributed by atoms with Crippen LogP contribution in [0.1, 0.15) is 60.0 Å². The predicted octanol–water partition coefficient (Wildman–Crippen LogP) is 5.39. The normalized spacial score (nSPS) is 21.0. The van der Waals surface area contributed by atoms with Crippen molar-refractivity contribution in [1.29, 1.82) is 0 Å². The van der Waals surface area contributed by atoms with E-state index in [1.165, 1.54) is 22.6 Å². The van der Waals surface area contributed by atoms with Crippen molar-refractivity contribution < 1.29 is 9.72 Å². The molecule has 2 atom stereocenters. The van der Waals surface area contributed by atoms with E-state index in [2.05, 4.69) is 31.4 Å². The Balaban J connectivity index is 1.53. The van der Waals surface area contributed by atoms with Crippen molar-refractivity contribution >= 4 is 34.0 Å². The second kappa shape index (κ2) is 7.87. The summed E-state index contributed by atoms with van der Waals surface area (Å²) in [6, 6.07) is 6.45. The number of nitrogens with one attached hydrogen (secondary N) is 2. The maximum atomic E-state index is 12.9. The van der Waals surface area contributed by atoms with Gasteiger partial charge in [-0.3, -0.25) is 14.9 Å². The van der Waals surface area contributed by atoms with Gasteiger partial charge in [0.1, 0.15) is 11.2 Å². The van der Waals surface area contributed by atoms with Gasteiger partial charge in [0.25, 0.3) is 11.6 Å². The van der Waals surface area contributed by atoms with Crippen LogP contribution in [0.3, 0.4) is 0 Å². The molecule has 0 spiro atoms. The summed E-state index contributed by atoms with van der Waals surface area (Å²) in [5, 5.41) is 18.3. The first-order chi connectivity index (χ1) is 14.3. The van der Waals surface area contributed by atoms with Gasteiger partial charge in [-0.2, -0.15) is 0 Å². The zero-order valence-corrected chi connectivity index (χ0v) is 18.3. The average molecular weight is 426 g/mol. The first kappa shape index (κ1) is 20.6. The van der Waals surface area contributed by atoms with E-state index in [1.807, 2.05) is 6.08 Å². The number of hydrogen-bond donors (Lipinski definition) is 2. The minimum absolute atomic E-state index is 0.0388. The van der Waals surface area contributed by atoms with Crippen LogP contribution in [0.5, 0.6) is 0 Å². The van der Waals surface area contributed by atoms with Crippen LogP contribution in [0.15, 0.2) is 30.3 Å². The van der Waals surface area contributed by atoms with Crippen LogP contribution < -0.4 is 10.6 Å². The number of rotatable bonds is 5. The van der Waals surface area contributed by atoms with Crippen molar-refractivity contribution in [2.75, 3.05) is 5.32 Å². The quantitative estimate of drug-likeness (QED) is 0.497. The summed E-state index contributed by atoms with van der Waals surface area (Å²) in [4.78, 5) is 24.7. The highest BCUT2D eigenvalue weighted by atomic mass is 32.1. The van der Waals surface area contributed by atoms with Gasteiger partial charge in [0.15, 0.2) is 0 Å². The largest absolute Gasteiger partial charge is 0.353 e. The minimum Gasteiger partial charge on any atom is -0.353 e. The smallest absolute Gasteiger partial charge is 0.270 e. The number of non-ortho nitro benzene ring substituents is 1. The molecular weight excluding hydrogens is 398 g/mol. The van der Waals surface area contributed by atoms with Crippen molar-refractivity contribution in [1.82, 2.24) is 5.32 Å². The molecule has 1 aliphatic heterocycles. The number of nitro benzene ring substituents is 1. The minimum atomic E-state index is -0.409. The Labute approximate surface area is 180 Å². The Hall–Kier alpha value is -2.67. The molecule has 7 heteroatoms. The molecule has 2 aliphatic rings. The number of hydrogen-bond acceptors (Lipinski definition) is 5. The van der Waals surface area contributed by atoms with Crippen LogP contribution in [-0.4, -0.2) is 17.0 Å². The number of fused-ring (bicyclic) bond motifs is 3. The average Bonchev–Trinajstić information content (AvgIpc) is 3.10. The van der Waals surface area contributed by atoms with E-state index in [9.17, 15) is 14.9 Å². The lowest BCUT2D eigenvalue weighted by Crippen LogP contribution is -2.43. The van der Waals surface area contributed by atoms with Gasteiger partial charge in [0.05, 0.1) is 10.5 Å². The maximum absolute atomic E-state index is 12.9. The van der Waals surface area contributed by atoms with Gasteiger partial charge in [-0.1, -0.05) is 45.4 Å². The molecule has 0 saturated heterocycles. The second-order valence-corrected chi connectivity index (χ2v) is 9.90. The standard InChI is InChI=1S/C23H27N3O3S/c1-4-23(2,3)15-9-10-17-18(13-15)30-22-20(17)21(27)24-19(25-22)11-8-14-6-5-7-16(12-14)26(28)29/h5-8,11-12,15,19,25H,4,9-10,13H2,1-3H3,(H,24,27)/b11-8+/t15-,19+/m1/s1. The summed E-state index contributed by atoms with van der Waals surface area (Å²) < 4.78 is 0. The zero-order valence-electron chi connectivity index (χ0n) is 17.5. The Bertz CT molecular complexity index is 1020. The Kier molecular flexibility index (Phi) is 5.40. The van der Waals surface area contributed by atoms with Crippen molar-refractivity contribution in [2.45, 2.75) is 52.6 Å². The van der Waals surface area contributed by atoms with E-state index >= 15 is 0 Å². The number of nitrogens with zero attached hydrogens (tertiary/aromatic N) is 1. The second-order valence-electron chi connectivity index (χ2n) is 8.80. The highest BCUT2D eigenvalue weighted by Gasteiger charge is 2.36. The monoisotopic (exact) mass is 425 g/mol. The summed E-state index contributed by atoms with van der Waals surface area (Å²) in [6.45, 7) is 6.94. The molecule has 2 aromatic rings. The molecule has 6 nitrogen and oxygen atoms in total. The fourth-order valence-corrected chi connectivity index (χ4v) is 5.68. The number of anilines is 1. The zero-order chi connectivity index (χ0) is 21.5. The summed E-state index contributed by atoms with van der Waals surface area (Å²) in [6.07, 6.45) is 7.56. The fraction of sp³-hybridized carbons (Fsp3) is 0.435. The van der Waals surface area contributed by atoms with E-state index in [1.54, 1.807) is 29.5 Å². The number of carbonyl (C=O) groups is 1. The molecule has 1 aromatic carbocycles. The molecule has 2 N–H and O–H groups in total. The third-order valence-electron chi connectivity index (χ3n) is 6.64. The molecule has 0 fully saturated rings. The molecule has 0 saturated carbocycles. The third kappa shape index (κ3) is 3.86. The molecule has 0 unspecified atom stereocenters. The van der Waals surface area contributed by atoms with Crippen LogP contribution in [0, 0.1) is 21.4 Å². The molecule has 0 radical (unpaired) electrons. The van der Waals surface area contributed by atoms with E-state index in [-0.39, 0.29) is 17.8 Å². The van der Waals surface area contributed by atoms with Gasteiger partial charge in [0, 0.05) is 17.0 Å². The topological polar surface area (TPSA) is 84.3 Å². The lowest BCUT2D eigenvalue weighted by Gasteiger charge is -2.36. The van der Waals surface area contributed by atoms with Crippen molar-refractivity contribution in [3.05, 3.63) is 62.0 Å². The molecule has 0 bridgehead atoms. The number of benzene rings is 1. The van der Waals surface area contributed by atoms with Crippen molar-refractivity contribution in [2.24, 2.45) is 11.3 Å². The molecule has 4 rings (SSSR count). The van der Waals surface area contributed by atoms with E-state index in [0.717, 1.165) is 41.8 Å². The highest BCUT2D eigenvalue weighted by Crippen LogP contribution is 2.46. The summed E-state index contributed by atoms with van der Waals surface area (Å²) in [5.74, 6) is 0.603. The Morgan fingerprint density at radius 1 is 1.33 bits per heavy atom. The van der Waals surface area contributed by atoms with Crippen LogP contribution in [0.25, 0.3) is 6.08 Å². The van der Waals surface area contributed by atoms with E-state index < -0.39 is 4.92 Å². The highest BCUT2D eigenvalue weighted by molar-refractivity contribution is 7.16. The van der Waals surface area contributed by atoms with Gasteiger partial charge in [-0.15, -0.1) is 11.3 Å². The van der Waals surface area contributed by atoms with Crippen LogP contribution in [-0.2, 0) is 12.8 Å². The molecule has 1 aromatic heterocycles. The molecule has 2 heterocycles. The van der Waals surface area contributed by atoms with Crippen molar-refractivity contribution in [3.63, 3.8) is 0 Å². The lowest BCUT2D eigenvalue weighted by atomic mass is 9.69. The molecular formula is C23H27N3O3S. The molecule has 30 heavy (non-hydrogen) atoms. The van der Waals surface area contributed by atoms with Gasteiger partial charge < -0.3 is 10.6 Å². The molecule has 1 amide bonds. The van der Waals surface area contributed by atoms with Crippen molar-refractivity contribution in [3.8, 4) is 0 Å². The third-order valence-corrected chi connectivity index (χ3v) is 7.83. The predicted molar refractivity (Wildman–Crippen MR) is 121 cm³/mol. The first-order valence-corrected chi connectivity index (χ1v) is 11.2. The Morgan fingerprint density at radius 3 is 2.87 bits per heavy atom. The van der Waals surface area contributed by atoms with Crippen LogP contribution in [0.4, 0.5) is 10.7 Å². The number of carbonyl (C=O) groups excluding carboxylic acids is 1. The molecule has 1 aliphatic carbocycles. The number of amides is 1. The van der Waals surface area contributed by atoms with Gasteiger partial charge >= 0.3 is 0 Å². The first-order valence-electron chi connectivity index (χ1n) is 10.4. The number of thiophene rings is 1. The van der Waals surface area contributed by atoms with Crippen LogP contribution in [0.2, 0.25) is 0 Å². The van der Waals surface area contributed by atoms with Gasteiger partial charge in [0.2, 0.25) is 0 Å². The van der Waals surface area contributed by atoms with Gasteiger partial charge in [-0.25, -0.2) is 0 Å². The molecule has 158 valence electrons. The lowest BCUT2D eigenvalue weighted by molar-refractivity contribution is -0.384. The van der Waals surface area contributed by atoms with Gasteiger partial charge in [-0.05, 0) is 47.8 Å². The summed E-state index contributed by atoms with van der Waals surface area (Å²) in [7, 11) is 0. The number of nitro groups is 1. The van der Waals surface area contributed by atoms with Crippen LogP contribution >= 0.6 is 11.3 Å². The SMILES string of the molecule is CCC(C)(C)[C@@H]1CCc2c(sc3c2C(=O)N[C@H](/C=C/c2cccc([N+](=O)[O-])c2)N3)C1. The van der Waals surface area contributed by atoms with E-state index in [4.69, 9.17) is 0 Å². The summed E-state index contributed by atoms with van der Waals surface area (Å²) >= 11 is 1.71. The summed E-state index contributed by atoms with van der Waals surface area (Å²) in [5.41, 5.74) is 3.10. The fourth-order valence-electron chi connectivity index (χ4n) is 4.32. The van der Waals surface area contributed by atoms with E-state index in [0.29, 0.717) is 11.3 Å².